The topological polar surface area (TPSA) is 39.2 Å². The predicted octanol–water partition coefficient (Wildman–Crippen LogP) is 3.47. The third-order valence-electron chi connectivity index (χ3n) is 3.16. The van der Waals surface area contributed by atoms with Crippen LogP contribution in [-0.4, -0.2) is 17.9 Å². The van der Waals surface area contributed by atoms with E-state index in [1.165, 1.54) is 0 Å². The average molecular weight is 263 g/mol. The van der Waals surface area contributed by atoms with Crippen molar-refractivity contribution < 1.29 is 9.53 Å². The second-order valence-electron chi connectivity index (χ2n) is 4.45. The number of rotatable bonds is 3. The molecule has 2 aromatic carbocycles. The van der Waals surface area contributed by atoms with E-state index < -0.39 is 0 Å². The average Bonchev–Trinajstić information content (AvgIpc) is 2.53. The lowest BCUT2D eigenvalue weighted by Crippen LogP contribution is -2.04. The van der Waals surface area contributed by atoms with E-state index >= 15 is 0 Å². The molecule has 0 unspecified atom stereocenters. The minimum absolute atomic E-state index is 0.102. The Morgan fingerprint density at radius 2 is 1.85 bits per heavy atom. The zero-order chi connectivity index (χ0) is 13.9. The molecule has 0 aliphatic rings. The predicted molar refractivity (Wildman–Crippen MR) is 78.2 cm³/mol. The van der Waals surface area contributed by atoms with Gasteiger partial charge in [0.25, 0.3) is 0 Å². The highest BCUT2D eigenvalue weighted by atomic mass is 16.5. The summed E-state index contributed by atoms with van der Waals surface area (Å²) in [4.78, 5) is 16.9. The van der Waals surface area contributed by atoms with E-state index in [1.54, 1.807) is 31.4 Å². The summed E-state index contributed by atoms with van der Waals surface area (Å²) < 4.78 is 5.14. The molecule has 0 fully saturated rings. The second-order valence-corrected chi connectivity index (χ2v) is 4.45. The summed E-state index contributed by atoms with van der Waals surface area (Å²) in [6.45, 7) is 0. The van der Waals surface area contributed by atoms with Gasteiger partial charge in [-0.2, -0.15) is 0 Å². The summed E-state index contributed by atoms with van der Waals surface area (Å²) in [5.74, 6) is 0.561. The summed E-state index contributed by atoms with van der Waals surface area (Å²) in [5.41, 5.74) is 1.84. The first-order valence-corrected chi connectivity index (χ1v) is 6.32. The number of pyridine rings is 1. The van der Waals surface area contributed by atoms with Crippen molar-refractivity contribution in [2.75, 3.05) is 7.11 Å². The molecule has 0 radical (unpaired) electrons. The fourth-order valence-electron chi connectivity index (χ4n) is 2.10. The van der Waals surface area contributed by atoms with Crippen LogP contribution in [0, 0.1) is 0 Å². The number of fused-ring (bicyclic) bond motifs is 1. The monoisotopic (exact) mass is 263 g/mol. The molecule has 3 aromatic rings. The highest BCUT2D eigenvalue weighted by Gasteiger charge is 2.11. The van der Waals surface area contributed by atoms with Gasteiger partial charge in [-0.25, -0.2) is 4.98 Å². The van der Waals surface area contributed by atoms with Gasteiger partial charge in [-0.05, 0) is 24.3 Å². The molecular formula is C17H13NO2. The minimum Gasteiger partial charge on any atom is -0.497 e. The molecule has 0 aliphatic heterocycles. The minimum atomic E-state index is -0.102. The molecule has 3 heteroatoms. The van der Waals surface area contributed by atoms with E-state index in [2.05, 4.69) is 4.98 Å². The molecule has 0 spiro atoms. The third kappa shape index (κ3) is 2.26. The van der Waals surface area contributed by atoms with Gasteiger partial charge in [-0.3, -0.25) is 4.79 Å². The van der Waals surface area contributed by atoms with Gasteiger partial charge in [0, 0.05) is 10.9 Å². The quantitative estimate of drug-likeness (QED) is 0.679. The number of hydrogen-bond acceptors (Lipinski definition) is 3. The first-order chi connectivity index (χ1) is 9.78. The second kappa shape index (κ2) is 5.13. The number of benzene rings is 2. The molecule has 3 nitrogen and oxygen atoms in total. The number of ether oxygens (including phenoxy) is 1. The van der Waals surface area contributed by atoms with Crippen LogP contribution in [0.2, 0.25) is 0 Å². The molecule has 98 valence electrons. The molecule has 3 rings (SSSR count). The number of aromatic nitrogens is 1. The van der Waals surface area contributed by atoms with Crippen LogP contribution in [0.1, 0.15) is 16.1 Å². The molecule has 0 atom stereocenters. The Hall–Kier alpha value is -2.68. The maximum atomic E-state index is 12.4. The van der Waals surface area contributed by atoms with Gasteiger partial charge >= 0.3 is 0 Å². The lowest BCUT2D eigenvalue weighted by Gasteiger charge is -2.04. The highest BCUT2D eigenvalue weighted by molar-refractivity contribution is 6.08. The Bertz CT molecular complexity index is 781. The van der Waals surface area contributed by atoms with Crippen molar-refractivity contribution in [1.82, 2.24) is 4.98 Å². The summed E-state index contributed by atoms with van der Waals surface area (Å²) in [5, 5.41) is 1.02. The standard InChI is InChI=1S/C17H13NO2/c1-20-14-7-4-6-13(11-14)17(19)16-10-9-12-5-2-3-8-15(12)18-16/h2-11H,1H3. The van der Waals surface area contributed by atoms with Gasteiger partial charge in [0.2, 0.25) is 5.78 Å². The van der Waals surface area contributed by atoms with Crippen LogP contribution in [-0.2, 0) is 0 Å². The van der Waals surface area contributed by atoms with Crippen LogP contribution >= 0.6 is 0 Å². The lowest BCUT2D eigenvalue weighted by molar-refractivity contribution is 0.103. The Kier molecular flexibility index (Phi) is 3.17. The number of methoxy groups -OCH3 is 1. The molecule has 0 amide bonds. The van der Waals surface area contributed by atoms with Crippen molar-refractivity contribution >= 4 is 16.7 Å². The van der Waals surface area contributed by atoms with Crippen molar-refractivity contribution in [2.24, 2.45) is 0 Å². The van der Waals surface area contributed by atoms with Gasteiger partial charge < -0.3 is 4.74 Å². The van der Waals surface area contributed by atoms with E-state index in [-0.39, 0.29) is 5.78 Å². The number of nitrogens with zero attached hydrogens (tertiary/aromatic N) is 1. The first kappa shape index (κ1) is 12.4. The van der Waals surface area contributed by atoms with Gasteiger partial charge in [-0.15, -0.1) is 0 Å². The molecule has 1 heterocycles. The van der Waals surface area contributed by atoms with E-state index in [9.17, 15) is 4.79 Å². The van der Waals surface area contributed by atoms with E-state index in [4.69, 9.17) is 4.74 Å². The molecule has 0 saturated heterocycles. The van der Waals surface area contributed by atoms with Crippen molar-refractivity contribution in [2.45, 2.75) is 0 Å². The molecule has 0 saturated carbocycles. The van der Waals surface area contributed by atoms with Crippen LogP contribution in [0.4, 0.5) is 0 Å². The largest absolute Gasteiger partial charge is 0.497 e. The first-order valence-electron chi connectivity index (χ1n) is 6.32. The number of carbonyl (C=O) groups is 1. The van der Waals surface area contributed by atoms with Gasteiger partial charge in [0.1, 0.15) is 11.4 Å². The SMILES string of the molecule is COc1cccc(C(=O)c2ccc3ccccc3n2)c1. The maximum Gasteiger partial charge on any atom is 0.211 e. The lowest BCUT2D eigenvalue weighted by atomic mass is 10.1. The number of hydrogen-bond donors (Lipinski definition) is 0. The maximum absolute atomic E-state index is 12.4. The van der Waals surface area contributed by atoms with Gasteiger partial charge in [0.15, 0.2) is 0 Å². The number of ketones is 1. The zero-order valence-electron chi connectivity index (χ0n) is 11.0. The molecule has 20 heavy (non-hydrogen) atoms. The normalized spacial score (nSPS) is 10.4. The molecule has 0 bridgehead atoms. The van der Waals surface area contributed by atoms with Crippen molar-refractivity contribution in [3.05, 3.63) is 71.9 Å². The Balaban J connectivity index is 2.03. The van der Waals surface area contributed by atoms with E-state index in [1.807, 2.05) is 36.4 Å². The summed E-state index contributed by atoms with van der Waals surface area (Å²) >= 11 is 0. The van der Waals surface area contributed by atoms with Crippen LogP contribution in [0.15, 0.2) is 60.7 Å². The van der Waals surface area contributed by atoms with Crippen LogP contribution < -0.4 is 4.74 Å². The summed E-state index contributed by atoms with van der Waals surface area (Å²) in [6, 6.07) is 18.5. The van der Waals surface area contributed by atoms with Crippen LogP contribution in [0.3, 0.4) is 0 Å². The van der Waals surface area contributed by atoms with Gasteiger partial charge in [-0.1, -0.05) is 36.4 Å². The molecule has 1 aromatic heterocycles. The Morgan fingerprint density at radius 3 is 2.70 bits per heavy atom. The third-order valence-corrected chi connectivity index (χ3v) is 3.16. The van der Waals surface area contributed by atoms with E-state index in [0.29, 0.717) is 17.0 Å². The molecule has 0 aliphatic carbocycles. The zero-order valence-corrected chi connectivity index (χ0v) is 11.0. The molecular weight excluding hydrogens is 250 g/mol. The van der Waals surface area contributed by atoms with Crippen molar-refractivity contribution in [3.8, 4) is 5.75 Å². The highest BCUT2D eigenvalue weighted by Crippen LogP contribution is 2.17. The summed E-state index contributed by atoms with van der Waals surface area (Å²) in [6.07, 6.45) is 0. The van der Waals surface area contributed by atoms with Gasteiger partial charge in [0.05, 0.1) is 12.6 Å². The Morgan fingerprint density at radius 1 is 1.00 bits per heavy atom. The number of carbonyl (C=O) groups excluding carboxylic acids is 1. The van der Waals surface area contributed by atoms with Crippen molar-refractivity contribution in [3.63, 3.8) is 0 Å². The van der Waals surface area contributed by atoms with Crippen molar-refractivity contribution in [1.29, 1.82) is 0 Å². The van der Waals surface area contributed by atoms with Crippen LogP contribution in [0.25, 0.3) is 10.9 Å². The van der Waals surface area contributed by atoms with Crippen LogP contribution in [0.5, 0.6) is 5.75 Å². The number of para-hydroxylation sites is 1. The smallest absolute Gasteiger partial charge is 0.211 e. The van der Waals surface area contributed by atoms with E-state index in [0.717, 1.165) is 10.9 Å². The fraction of sp³-hybridized carbons (Fsp3) is 0.0588. The Labute approximate surface area is 116 Å². The fourth-order valence-corrected chi connectivity index (χ4v) is 2.10. The molecule has 0 N–H and O–H groups in total. The summed E-state index contributed by atoms with van der Waals surface area (Å²) in [7, 11) is 1.58.